The lowest BCUT2D eigenvalue weighted by Crippen LogP contribution is -2.39. The van der Waals surface area contributed by atoms with Crippen molar-refractivity contribution in [3.8, 4) is 0 Å². The molecule has 0 spiro atoms. The van der Waals surface area contributed by atoms with E-state index in [1.165, 1.54) is 23.6 Å². The van der Waals surface area contributed by atoms with Gasteiger partial charge in [0, 0.05) is 4.88 Å². The molecule has 1 unspecified atom stereocenters. The molecule has 2 rings (SSSR count). The minimum absolute atomic E-state index is 0.146. The van der Waals surface area contributed by atoms with Gasteiger partial charge in [0.05, 0.1) is 0 Å². The van der Waals surface area contributed by atoms with Gasteiger partial charge in [0.15, 0.2) is 0 Å². The molecule has 1 N–H and O–H groups in total. The largest absolute Gasteiger partial charge is 0.425 e. The van der Waals surface area contributed by atoms with E-state index >= 15 is 0 Å². The number of alkyl halides is 3. The highest BCUT2D eigenvalue weighted by Gasteiger charge is 2.53. The molecule has 1 nitrogen and oxygen atoms in total. The second-order valence-corrected chi connectivity index (χ2v) is 4.93. The molecule has 0 aliphatic heterocycles. The van der Waals surface area contributed by atoms with Gasteiger partial charge in [-0.1, -0.05) is 42.5 Å². The summed E-state index contributed by atoms with van der Waals surface area (Å²) in [5.74, 6) is 0. The van der Waals surface area contributed by atoms with Crippen LogP contribution in [0.3, 0.4) is 0 Å². The summed E-state index contributed by atoms with van der Waals surface area (Å²) in [5, 5.41) is 11.5. The molecule has 0 saturated carbocycles. The van der Waals surface area contributed by atoms with Crippen LogP contribution in [0.25, 0.3) is 6.08 Å². The molecule has 0 amide bonds. The molecule has 1 atom stereocenters. The van der Waals surface area contributed by atoms with Gasteiger partial charge in [0.1, 0.15) is 0 Å². The Morgan fingerprint density at radius 2 is 1.68 bits per heavy atom. The minimum Gasteiger partial charge on any atom is -0.372 e. The third-order valence-electron chi connectivity index (χ3n) is 2.65. The minimum atomic E-state index is -4.76. The predicted molar refractivity (Wildman–Crippen MR) is 69.7 cm³/mol. The molecule has 0 fully saturated rings. The highest BCUT2D eigenvalue weighted by atomic mass is 32.1. The Morgan fingerprint density at radius 3 is 2.21 bits per heavy atom. The van der Waals surface area contributed by atoms with Crippen molar-refractivity contribution in [2.45, 2.75) is 11.8 Å². The molecule has 0 saturated heterocycles. The number of aliphatic hydroxyl groups is 1. The Hall–Kier alpha value is -1.59. The Kier molecular flexibility index (Phi) is 3.78. The van der Waals surface area contributed by atoms with Crippen molar-refractivity contribution >= 4 is 17.4 Å². The molecule has 0 radical (unpaired) electrons. The zero-order valence-corrected chi connectivity index (χ0v) is 10.6. The van der Waals surface area contributed by atoms with Crippen LogP contribution in [0.1, 0.15) is 10.4 Å². The van der Waals surface area contributed by atoms with Gasteiger partial charge in [-0.25, -0.2) is 0 Å². The van der Waals surface area contributed by atoms with Gasteiger partial charge in [-0.2, -0.15) is 13.2 Å². The van der Waals surface area contributed by atoms with Crippen LogP contribution >= 0.6 is 11.3 Å². The van der Waals surface area contributed by atoms with E-state index in [0.29, 0.717) is 5.56 Å². The molecule has 1 aromatic carbocycles. The van der Waals surface area contributed by atoms with E-state index in [-0.39, 0.29) is 4.88 Å². The summed E-state index contributed by atoms with van der Waals surface area (Å²) in [7, 11) is 0. The summed E-state index contributed by atoms with van der Waals surface area (Å²) in [6.45, 7) is 0. The third kappa shape index (κ3) is 2.88. The average Bonchev–Trinajstić information content (AvgIpc) is 2.90. The monoisotopic (exact) mass is 284 g/mol. The lowest BCUT2D eigenvalue weighted by atomic mass is 9.99. The van der Waals surface area contributed by atoms with Gasteiger partial charge in [-0.15, -0.1) is 11.3 Å². The van der Waals surface area contributed by atoms with Crippen molar-refractivity contribution in [3.63, 3.8) is 0 Å². The normalized spacial score (nSPS) is 15.6. The highest BCUT2D eigenvalue weighted by Crippen LogP contribution is 2.42. The van der Waals surface area contributed by atoms with E-state index in [9.17, 15) is 18.3 Å². The van der Waals surface area contributed by atoms with Crippen LogP contribution in [0.15, 0.2) is 53.9 Å². The Morgan fingerprint density at radius 1 is 1.00 bits per heavy atom. The number of hydrogen-bond donors (Lipinski definition) is 1. The first-order chi connectivity index (χ1) is 8.93. The summed E-state index contributed by atoms with van der Waals surface area (Å²) in [4.78, 5) is -0.146. The van der Waals surface area contributed by atoms with Crippen LogP contribution in [0.4, 0.5) is 13.2 Å². The average molecular weight is 284 g/mol. The van der Waals surface area contributed by atoms with Crippen LogP contribution in [-0.4, -0.2) is 11.3 Å². The number of thiophene rings is 1. The van der Waals surface area contributed by atoms with Crippen LogP contribution < -0.4 is 0 Å². The lowest BCUT2D eigenvalue weighted by Gasteiger charge is -2.26. The van der Waals surface area contributed by atoms with Crippen molar-refractivity contribution < 1.29 is 18.3 Å². The second kappa shape index (κ2) is 5.19. The van der Waals surface area contributed by atoms with Gasteiger partial charge in [-0.3, -0.25) is 0 Å². The molecule has 0 aliphatic carbocycles. The van der Waals surface area contributed by atoms with Crippen molar-refractivity contribution in [3.05, 3.63) is 64.4 Å². The van der Waals surface area contributed by atoms with Crippen molar-refractivity contribution in [2.75, 3.05) is 0 Å². The quantitative estimate of drug-likeness (QED) is 0.895. The van der Waals surface area contributed by atoms with Crippen LogP contribution in [-0.2, 0) is 5.60 Å². The van der Waals surface area contributed by atoms with Crippen molar-refractivity contribution in [1.82, 2.24) is 0 Å². The molecule has 0 bridgehead atoms. The maximum Gasteiger partial charge on any atom is 0.425 e. The molecule has 1 heterocycles. The van der Waals surface area contributed by atoms with E-state index < -0.39 is 11.8 Å². The first kappa shape index (κ1) is 13.8. The van der Waals surface area contributed by atoms with E-state index in [1.807, 2.05) is 0 Å². The molecule has 100 valence electrons. The molecular formula is C14H11F3OS. The van der Waals surface area contributed by atoms with E-state index in [2.05, 4.69) is 0 Å². The number of benzene rings is 1. The fraction of sp³-hybridized carbons (Fsp3) is 0.143. The van der Waals surface area contributed by atoms with Gasteiger partial charge in [0.25, 0.3) is 0 Å². The summed E-state index contributed by atoms with van der Waals surface area (Å²) >= 11 is 0.871. The number of rotatable bonds is 3. The smallest absolute Gasteiger partial charge is 0.372 e. The van der Waals surface area contributed by atoms with Gasteiger partial charge >= 0.3 is 6.18 Å². The van der Waals surface area contributed by atoms with Crippen molar-refractivity contribution in [1.29, 1.82) is 0 Å². The molecule has 0 aliphatic rings. The van der Waals surface area contributed by atoms with Crippen LogP contribution in [0, 0.1) is 0 Å². The molecule has 5 heteroatoms. The topological polar surface area (TPSA) is 20.2 Å². The van der Waals surface area contributed by atoms with E-state index in [4.69, 9.17) is 0 Å². The van der Waals surface area contributed by atoms with E-state index in [1.54, 1.807) is 30.3 Å². The number of hydrogen-bond acceptors (Lipinski definition) is 2. The zero-order chi connectivity index (χ0) is 13.9. The molecule has 19 heavy (non-hydrogen) atoms. The highest BCUT2D eigenvalue weighted by molar-refractivity contribution is 7.10. The SMILES string of the molecule is OC(/C=C/c1ccccc1)(c1cccs1)C(F)(F)F. The lowest BCUT2D eigenvalue weighted by molar-refractivity contribution is -0.243. The number of halogens is 3. The second-order valence-electron chi connectivity index (χ2n) is 3.99. The zero-order valence-electron chi connectivity index (χ0n) is 9.76. The maximum absolute atomic E-state index is 13.1. The first-order valence-electron chi connectivity index (χ1n) is 5.51. The van der Waals surface area contributed by atoms with E-state index in [0.717, 1.165) is 17.4 Å². The molecule has 2 aromatic rings. The van der Waals surface area contributed by atoms with Crippen LogP contribution in [0.5, 0.6) is 0 Å². The van der Waals surface area contributed by atoms with Gasteiger partial charge < -0.3 is 5.11 Å². The van der Waals surface area contributed by atoms with Crippen LogP contribution in [0.2, 0.25) is 0 Å². The molecule has 1 aromatic heterocycles. The maximum atomic E-state index is 13.1. The van der Waals surface area contributed by atoms with Gasteiger partial charge in [-0.05, 0) is 23.1 Å². The Labute approximate surface area is 112 Å². The first-order valence-corrected chi connectivity index (χ1v) is 6.39. The van der Waals surface area contributed by atoms with Crippen molar-refractivity contribution in [2.24, 2.45) is 0 Å². The standard InChI is InChI=1S/C14H11F3OS/c15-14(16,17)13(18,12-7-4-10-19-12)9-8-11-5-2-1-3-6-11/h1-10,18H/b9-8+. The summed E-state index contributed by atoms with van der Waals surface area (Å²) in [6.07, 6.45) is -2.70. The Bertz CT molecular complexity index is 546. The fourth-order valence-electron chi connectivity index (χ4n) is 1.59. The fourth-order valence-corrected chi connectivity index (χ4v) is 2.42. The summed E-state index contributed by atoms with van der Waals surface area (Å²) in [6, 6.07) is 11.3. The van der Waals surface area contributed by atoms with Gasteiger partial charge in [0.2, 0.25) is 5.60 Å². The summed E-state index contributed by atoms with van der Waals surface area (Å²) in [5.41, 5.74) is -2.35. The predicted octanol–water partition coefficient (Wildman–Crippen LogP) is 4.21. The molecular weight excluding hydrogens is 273 g/mol. The summed E-state index contributed by atoms with van der Waals surface area (Å²) < 4.78 is 39.2. The Balaban J connectivity index is 2.38. The third-order valence-corrected chi connectivity index (χ3v) is 3.64.